The Kier molecular flexibility index (Phi) is 4.80. The Hall–Kier alpha value is -1.80. The van der Waals surface area contributed by atoms with Crippen molar-refractivity contribution in [1.82, 2.24) is 14.8 Å². The van der Waals surface area contributed by atoms with E-state index >= 15 is 0 Å². The summed E-state index contributed by atoms with van der Waals surface area (Å²) in [6.45, 7) is 4.29. The van der Waals surface area contributed by atoms with Crippen molar-refractivity contribution in [2.24, 2.45) is 5.92 Å². The highest BCUT2D eigenvalue weighted by atomic mass is 16.2. The predicted molar refractivity (Wildman–Crippen MR) is 77.3 cm³/mol. The van der Waals surface area contributed by atoms with Crippen LogP contribution in [0.3, 0.4) is 0 Å². The Bertz CT molecular complexity index is 496. The quantitative estimate of drug-likeness (QED) is 0.908. The molecule has 2 rings (SSSR count). The normalized spacial score (nSPS) is 17.4. The minimum absolute atomic E-state index is 0.00404. The van der Waals surface area contributed by atoms with E-state index in [4.69, 9.17) is 5.26 Å². The molecule has 1 atom stereocenters. The summed E-state index contributed by atoms with van der Waals surface area (Å²) in [7, 11) is 1.76. The number of nitriles is 1. The summed E-state index contributed by atoms with van der Waals surface area (Å²) in [5.74, 6) is -0.151. The molecular formula is C15H22N4O. The standard InChI is InChI=1S/C15H22N4O/c1-12(10-16)11-18(2)15(20)14-4-3-9-19(14)13-5-7-17-8-6-13/h3-4,9,12-13,17H,5-8,11H2,1-2H3. The molecule has 5 heteroatoms. The van der Waals surface area contributed by atoms with Crippen LogP contribution < -0.4 is 5.32 Å². The lowest BCUT2D eigenvalue weighted by Gasteiger charge is -2.27. The second kappa shape index (κ2) is 6.58. The zero-order chi connectivity index (χ0) is 14.5. The summed E-state index contributed by atoms with van der Waals surface area (Å²) in [5, 5.41) is 12.2. The number of nitrogens with one attached hydrogen (secondary N) is 1. The van der Waals surface area contributed by atoms with E-state index in [1.807, 2.05) is 25.3 Å². The molecule has 0 radical (unpaired) electrons. The van der Waals surface area contributed by atoms with Crippen LogP contribution in [0.1, 0.15) is 36.3 Å². The highest BCUT2D eigenvalue weighted by Crippen LogP contribution is 2.22. The van der Waals surface area contributed by atoms with Crippen LogP contribution in [0.4, 0.5) is 0 Å². The first-order valence-corrected chi connectivity index (χ1v) is 7.16. The van der Waals surface area contributed by atoms with Gasteiger partial charge in [0.05, 0.1) is 12.0 Å². The van der Waals surface area contributed by atoms with Gasteiger partial charge in [0, 0.05) is 25.8 Å². The zero-order valence-electron chi connectivity index (χ0n) is 12.2. The van der Waals surface area contributed by atoms with Crippen LogP contribution >= 0.6 is 0 Å². The maximum Gasteiger partial charge on any atom is 0.270 e. The SMILES string of the molecule is CC(C#N)CN(C)C(=O)c1cccn1C1CCNCC1. The van der Waals surface area contributed by atoms with Crippen molar-refractivity contribution >= 4 is 5.91 Å². The number of hydrogen-bond donors (Lipinski definition) is 1. The molecule has 1 aromatic rings. The molecule has 0 saturated carbocycles. The molecule has 20 heavy (non-hydrogen) atoms. The molecule has 0 bridgehead atoms. The van der Waals surface area contributed by atoms with Crippen molar-refractivity contribution in [1.29, 1.82) is 5.26 Å². The molecule has 1 N–H and O–H groups in total. The second-order valence-electron chi connectivity index (χ2n) is 5.50. The van der Waals surface area contributed by atoms with Gasteiger partial charge in [-0.15, -0.1) is 0 Å². The number of amides is 1. The van der Waals surface area contributed by atoms with Crippen LogP contribution in [0.15, 0.2) is 18.3 Å². The molecule has 5 nitrogen and oxygen atoms in total. The number of carbonyl (C=O) groups is 1. The van der Waals surface area contributed by atoms with E-state index in [9.17, 15) is 4.79 Å². The topological polar surface area (TPSA) is 61.1 Å². The lowest BCUT2D eigenvalue weighted by Crippen LogP contribution is -2.34. The number of aromatic nitrogens is 1. The van der Waals surface area contributed by atoms with Gasteiger partial charge in [-0.1, -0.05) is 0 Å². The molecule has 1 amide bonds. The van der Waals surface area contributed by atoms with Crippen LogP contribution in [0.2, 0.25) is 0 Å². The van der Waals surface area contributed by atoms with Gasteiger partial charge in [-0.05, 0) is 45.0 Å². The first-order chi connectivity index (χ1) is 9.63. The third-order valence-corrected chi connectivity index (χ3v) is 3.81. The number of piperidine rings is 1. The fraction of sp³-hybridized carbons (Fsp3) is 0.600. The third kappa shape index (κ3) is 3.20. The number of carbonyl (C=O) groups excluding carboxylic acids is 1. The highest BCUT2D eigenvalue weighted by Gasteiger charge is 2.22. The summed E-state index contributed by atoms with van der Waals surface area (Å²) >= 11 is 0. The average Bonchev–Trinajstić information content (AvgIpc) is 2.96. The van der Waals surface area contributed by atoms with Gasteiger partial charge in [0.1, 0.15) is 5.69 Å². The molecule has 1 unspecified atom stereocenters. The Labute approximate surface area is 120 Å². The summed E-state index contributed by atoms with van der Waals surface area (Å²) in [6.07, 6.45) is 4.09. The van der Waals surface area contributed by atoms with E-state index in [1.54, 1.807) is 11.9 Å². The van der Waals surface area contributed by atoms with Gasteiger partial charge < -0.3 is 14.8 Å². The summed E-state index contributed by atoms with van der Waals surface area (Å²) in [6, 6.07) is 6.36. The van der Waals surface area contributed by atoms with E-state index in [0.717, 1.165) is 31.6 Å². The summed E-state index contributed by atoms with van der Waals surface area (Å²) in [4.78, 5) is 14.1. The fourth-order valence-corrected chi connectivity index (χ4v) is 2.71. The first kappa shape index (κ1) is 14.6. The smallest absolute Gasteiger partial charge is 0.270 e. The van der Waals surface area contributed by atoms with Crippen molar-refractivity contribution in [3.05, 3.63) is 24.0 Å². The molecule has 2 heterocycles. The van der Waals surface area contributed by atoms with Crippen LogP contribution in [0.25, 0.3) is 0 Å². The largest absolute Gasteiger partial charge is 0.340 e. The lowest BCUT2D eigenvalue weighted by atomic mass is 10.1. The Balaban J connectivity index is 2.10. The summed E-state index contributed by atoms with van der Waals surface area (Å²) < 4.78 is 2.09. The molecular weight excluding hydrogens is 252 g/mol. The molecule has 1 aliphatic heterocycles. The fourth-order valence-electron chi connectivity index (χ4n) is 2.71. The summed E-state index contributed by atoms with van der Waals surface area (Å²) in [5.41, 5.74) is 0.726. The number of nitrogens with zero attached hydrogens (tertiary/aromatic N) is 3. The zero-order valence-corrected chi connectivity index (χ0v) is 12.2. The maximum absolute atomic E-state index is 12.5. The Morgan fingerprint density at radius 2 is 2.30 bits per heavy atom. The van der Waals surface area contributed by atoms with Crippen LogP contribution in [-0.4, -0.2) is 42.1 Å². The van der Waals surface area contributed by atoms with Gasteiger partial charge in [-0.25, -0.2) is 0 Å². The number of hydrogen-bond acceptors (Lipinski definition) is 3. The second-order valence-corrected chi connectivity index (χ2v) is 5.50. The van der Waals surface area contributed by atoms with Gasteiger partial charge in [0.2, 0.25) is 0 Å². The number of rotatable bonds is 4. The molecule has 1 aliphatic rings. The average molecular weight is 274 g/mol. The van der Waals surface area contributed by atoms with E-state index in [1.165, 1.54) is 0 Å². The molecule has 108 valence electrons. The minimum atomic E-state index is -0.147. The van der Waals surface area contributed by atoms with E-state index < -0.39 is 0 Å². The maximum atomic E-state index is 12.5. The molecule has 0 aromatic carbocycles. The Morgan fingerprint density at radius 3 is 2.95 bits per heavy atom. The van der Waals surface area contributed by atoms with Gasteiger partial charge in [0.15, 0.2) is 0 Å². The van der Waals surface area contributed by atoms with Crippen molar-refractivity contribution in [3.8, 4) is 6.07 Å². The first-order valence-electron chi connectivity index (χ1n) is 7.16. The minimum Gasteiger partial charge on any atom is -0.340 e. The molecule has 1 fully saturated rings. The Morgan fingerprint density at radius 1 is 1.60 bits per heavy atom. The van der Waals surface area contributed by atoms with Gasteiger partial charge in [0.25, 0.3) is 5.91 Å². The van der Waals surface area contributed by atoms with E-state index in [2.05, 4.69) is 16.0 Å². The lowest BCUT2D eigenvalue weighted by molar-refractivity contribution is 0.0770. The van der Waals surface area contributed by atoms with Crippen molar-refractivity contribution in [3.63, 3.8) is 0 Å². The highest BCUT2D eigenvalue weighted by molar-refractivity contribution is 5.92. The van der Waals surface area contributed by atoms with Crippen molar-refractivity contribution < 1.29 is 4.79 Å². The van der Waals surface area contributed by atoms with E-state index in [-0.39, 0.29) is 11.8 Å². The monoisotopic (exact) mass is 274 g/mol. The van der Waals surface area contributed by atoms with E-state index in [0.29, 0.717) is 12.6 Å². The van der Waals surface area contributed by atoms with Gasteiger partial charge in [-0.3, -0.25) is 4.79 Å². The van der Waals surface area contributed by atoms with Crippen molar-refractivity contribution in [2.75, 3.05) is 26.7 Å². The molecule has 1 saturated heterocycles. The molecule has 0 spiro atoms. The molecule has 0 aliphatic carbocycles. The molecule has 1 aromatic heterocycles. The third-order valence-electron chi connectivity index (χ3n) is 3.81. The van der Waals surface area contributed by atoms with Crippen LogP contribution in [0, 0.1) is 17.2 Å². The predicted octanol–water partition coefficient (Wildman–Crippen LogP) is 1.64. The van der Waals surface area contributed by atoms with Crippen LogP contribution in [0.5, 0.6) is 0 Å². The van der Waals surface area contributed by atoms with Gasteiger partial charge in [-0.2, -0.15) is 5.26 Å². The van der Waals surface area contributed by atoms with Crippen LogP contribution in [-0.2, 0) is 0 Å². The van der Waals surface area contributed by atoms with Crippen molar-refractivity contribution in [2.45, 2.75) is 25.8 Å². The van der Waals surface area contributed by atoms with Gasteiger partial charge >= 0.3 is 0 Å².